The normalized spacial score (nSPS) is 19.1. The summed E-state index contributed by atoms with van der Waals surface area (Å²) in [5.41, 5.74) is 2.81. The van der Waals surface area contributed by atoms with E-state index in [1.165, 1.54) is 12.8 Å². The molecule has 4 rings (SSSR count). The number of aromatic nitrogens is 1. The second-order valence-electron chi connectivity index (χ2n) is 6.82. The number of aryl methyl sites for hydroxylation is 1. The van der Waals surface area contributed by atoms with Crippen LogP contribution < -0.4 is 15.5 Å². The Bertz CT molecular complexity index is 745. The molecule has 1 aromatic carbocycles. The number of carbonyl (C=O) groups is 1. The molecule has 1 saturated heterocycles. The zero-order chi connectivity index (χ0) is 16.5. The number of hydrogen-bond acceptors (Lipinski definition) is 5. The highest BCUT2D eigenvalue weighted by molar-refractivity contribution is 7.22. The van der Waals surface area contributed by atoms with Crippen molar-refractivity contribution in [1.82, 2.24) is 15.6 Å². The molecule has 0 radical (unpaired) electrons. The molecule has 2 fully saturated rings. The number of nitrogens with zero attached hydrogens (tertiary/aromatic N) is 2. The number of rotatable bonds is 3. The van der Waals surface area contributed by atoms with Crippen LogP contribution in [0, 0.1) is 6.92 Å². The number of anilines is 1. The molecule has 1 aromatic heterocycles. The first kappa shape index (κ1) is 15.8. The molecule has 1 aliphatic carbocycles. The zero-order valence-electron chi connectivity index (χ0n) is 14.1. The Morgan fingerprint density at radius 2 is 2.04 bits per heavy atom. The van der Waals surface area contributed by atoms with Crippen molar-refractivity contribution in [2.75, 3.05) is 31.1 Å². The number of piperazine rings is 1. The summed E-state index contributed by atoms with van der Waals surface area (Å²) in [4.78, 5) is 19.7. The van der Waals surface area contributed by atoms with Crippen molar-refractivity contribution >= 4 is 32.6 Å². The quantitative estimate of drug-likeness (QED) is 0.899. The molecule has 0 unspecified atom stereocenters. The van der Waals surface area contributed by atoms with Crippen LogP contribution in [0.4, 0.5) is 5.13 Å². The fourth-order valence-corrected chi connectivity index (χ4v) is 4.67. The molecule has 2 aromatic rings. The second-order valence-corrected chi connectivity index (χ2v) is 7.83. The highest BCUT2D eigenvalue weighted by atomic mass is 32.1. The monoisotopic (exact) mass is 344 g/mol. The van der Waals surface area contributed by atoms with Gasteiger partial charge in [-0.3, -0.25) is 4.79 Å². The molecule has 1 saturated carbocycles. The maximum Gasteiger partial charge on any atom is 0.251 e. The predicted molar refractivity (Wildman–Crippen MR) is 99.2 cm³/mol. The first-order valence-corrected chi connectivity index (χ1v) is 9.70. The number of benzene rings is 1. The fraction of sp³-hybridized carbons (Fsp3) is 0.556. The average molecular weight is 344 g/mol. The van der Waals surface area contributed by atoms with Crippen LogP contribution in [0.5, 0.6) is 0 Å². The van der Waals surface area contributed by atoms with E-state index in [1.807, 2.05) is 13.0 Å². The van der Waals surface area contributed by atoms with Crippen LogP contribution in [0.1, 0.15) is 41.6 Å². The van der Waals surface area contributed by atoms with Crippen LogP contribution in [-0.4, -0.2) is 43.1 Å². The van der Waals surface area contributed by atoms with Crippen molar-refractivity contribution in [2.24, 2.45) is 0 Å². The summed E-state index contributed by atoms with van der Waals surface area (Å²) < 4.78 is 1.10. The van der Waals surface area contributed by atoms with Gasteiger partial charge in [-0.15, -0.1) is 0 Å². The number of amides is 1. The van der Waals surface area contributed by atoms with E-state index in [2.05, 4.69) is 21.6 Å². The number of thiazole rings is 1. The lowest BCUT2D eigenvalue weighted by atomic mass is 10.1. The van der Waals surface area contributed by atoms with Crippen LogP contribution in [0.15, 0.2) is 12.1 Å². The van der Waals surface area contributed by atoms with Gasteiger partial charge in [0, 0.05) is 37.8 Å². The van der Waals surface area contributed by atoms with Gasteiger partial charge in [-0.05, 0) is 37.5 Å². The molecule has 0 bridgehead atoms. The number of fused-ring (bicyclic) bond motifs is 1. The summed E-state index contributed by atoms with van der Waals surface area (Å²) in [6.07, 6.45) is 4.68. The van der Waals surface area contributed by atoms with Gasteiger partial charge in [0.2, 0.25) is 0 Å². The highest BCUT2D eigenvalue weighted by Gasteiger charge is 2.21. The first-order valence-electron chi connectivity index (χ1n) is 8.88. The molecule has 1 aliphatic heterocycles. The minimum Gasteiger partial charge on any atom is -0.349 e. The van der Waals surface area contributed by atoms with Crippen molar-refractivity contribution in [1.29, 1.82) is 0 Å². The molecule has 24 heavy (non-hydrogen) atoms. The van der Waals surface area contributed by atoms with Crippen LogP contribution in [0.3, 0.4) is 0 Å². The molecular weight excluding hydrogens is 320 g/mol. The summed E-state index contributed by atoms with van der Waals surface area (Å²) in [6.45, 7) is 6.00. The minimum atomic E-state index is 0.0680. The maximum absolute atomic E-state index is 12.6. The van der Waals surface area contributed by atoms with Gasteiger partial charge in [0.05, 0.1) is 10.2 Å². The van der Waals surface area contributed by atoms with Gasteiger partial charge in [0.25, 0.3) is 5.91 Å². The van der Waals surface area contributed by atoms with E-state index in [0.29, 0.717) is 6.04 Å². The largest absolute Gasteiger partial charge is 0.349 e. The van der Waals surface area contributed by atoms with Crippen LogP contribution in [-0.2, 0) is 0 Å². The van der Waals surface area contributed by atoms with Crippen molar-refractivity contribution in [3.05, 3.63) is 23.3 Å². The number of nitrogens with one attached hydrogen (secondary N) is 2. The van der Waals surface area contributed by atoms with E-state index >= 15 is 0 Å². The fourth-order valence-electron chi connectivity index (χ4n) is 3.64. The van der Waals surface area contributed by atoms with Crippen molar-refractivity contribution in [3.8, 4) is 0 Å². The molecule has 5 nitrogen and oxygen atoms in total. The Hall–Kier alpha value is -1.66. The maximum atomic E-state index is 12.6. The van der Waals surface area contributed by atoms with Crippen molar-refractivity contribution in [2.45, 2.75) is 38.6 Å². The Morgan fingerprint density at radius 3 is 2.79 bits per heavy atom. The second kappa shape index (κ2) is 6.69. The summed E-state index contributed by atoms with van der Waals surface area (Å²) in [7, 11) is 0. The summed E-state index contributed by atoms with van der Waals surface area (Å²) >= 11 is 1.69. The lowest BCUT2D eigenvalue weighted by Gasteiger charge is -2.26. The molecular formula is C18H24N4OS. The first-order chi connectivity index (χ1) is 11.7. The topological polar surface area (TPSA) is 57.3 Å². The van der Waals surface area contributed by atoms with E-state index in [0.717, 1.165) is 65.5 Å². The van der Waals surface area contributed by atoms with Gasteiger partial charge in [-0.1, -0.05) is 24.2 Å². The van der Waals surface area contributed by atoms with Crippen LogP contribution in [0.25, 0.3) is 10.2 Å². The van der Waals surface area contributed by atoms with Gasteiger partial charge in [0.15, 0.2) is 5.13 Å². The van der Waals surface area contributed by atoms with Gasteiger partial charge >= 0.3 is 0 Å². The summed E-state index contributed by atoms with van der Waals surface area (Å²) in [5.74, 6) is 0.0680. The third-order valence-electron chi connectivity index (χ3n) is 5.05. The lowest BCUT2D eigenvalue weighted by Crippen LogP contribution is -2.43. The van der Waals surface area contributed by atoms with E-state index in [1.54, 1.807) is 11.3 Å². The molecule has 128 valence electrons. The highest BCUT2D eigenvalue weighted by Crippen LogP contribution is 2.31. The van der Waals surface area contributed by atoms with Gasteiger partial charge in [-0.25, -0.2) is 4.98 Å². The zero-order valence-corrected chi connectivity index (χ0v) is 14.9. The Balaban J connectivity index is 1.59. The molecule has 0 atom stereocenters. The predicted octanol–water partition coefficient (Wildman–Crippen LogP) is 2.69. The van der Waals surface area contributed by atoms with Crippen molar-refractivity contribution in [3.63, 3.8) is 0 Å². The molecule has 6 heteroatoms. The average Bonchev–Trinajstić information content (AvgIpc) is 3.24. The lowest BCUT2D eigenvalue weighted by molar-refractivity contribution is 0.0937. The number of hydrogen-bond donors (Lipinski definition) is 2. The minimum absolute atomic E-state index is 0.0680. The SMILES string of the molecule is Cc1cc2nc(N3CCNCC3)sc2cc1C(=O)NC1CCCC1. The van der Waals surface area contributed by atoms with Crippen LogP contribution in [0.2, 0.25) is 0 Å². The Morgan fingerprint density at radius 1 is 1.29 bits per heavy atom. The number of carbonyl (C=O) groups excluding carboxylic acids is 1. The molecule has 2 heterocycles. The van der Waals surface area contributed by atoms with E-state index in [9.17, 15) is 4.79 Å². The molecule has 2 N–H and O–H groups in total. The van der Waals surface area contributed by atoms with E-state index in [4.69, 9.17) is 4.98 Å². The molecule has 2 aliphatic rings. The summed E-state index contributed by atoms with van der Waals surface area (Å²) in [6, 6.07) is 4.44. The van der Waals surface area contributed by atoms with Gasteiger partial charge in [0.1, 0.15) is 0 Å². The molecule has 0 spiro atoms. The van der Waals surface area contributed by atoms with E-state index in [-0.39, 0.29) is 5.91 Å². The Labute approximate surface area is 146 Å². The van der Waals surface area contributed by atoms with E-state index < -0.39 is 0 Å². The smallest absolute Gasteiger partial charge is 0.251 e. The Kier molecular flexibility index (Phi) is 4.41. The van der Waals surface area contributed by atoms with Crippen LogP contribution >= 0.6 is 11.3 Å². The standard InChI is InChI=1S/C18H24N4OS/c1-12-10-15-16(24-18(21-15)22-8-6-19-7-9-22)11-14(12)17(23)20-13-4-2-3-5-13/h10-11,13,19H,2-9H2,1H3,(H,20,23). The molecule has 1 amide bonds. The van der Waals surface area contributed by atoms with Gasteiger partial charge < -0.3 is 15.5 Å². The van der Waals surface area contributed by atoms with Gasteiger partial charge in [-0.2, -0.15) is 0 Å². The third-order valence-corrected chi connectivity index (χ3v) is 6.12. The summed E-state index contributed by atoms with van der Waals surface area (Å²) in [5, 5.41) is 7.63. The van der Waals surface area contributed by atoms with Crippen molar-refractivity contribution < 1.29 is 4.79 Å². The third kappa shape index (κ3) is 3.13.